The van der Waals surface area contributed by atoms with E-state index in [0.29, 0.717) is 32.0 Å². The molecule has 23 heavy (non-hydrogen) atoms. The van der Waals surface area contributed by atoms with E-state index >= 15 is 0 Å². The Labute approximate surface area is 133 Å². The smallest absolute Gasteiger partial charge is 0.313 e. The molecule has 1 aliphatic heterocycles. The van der Waals surface area contributed by atoms with E-state index in [1.807, 2.05) is 0 Å². The maximum Gasteiger partial charge on any atom is 0.313 e. The number of fused-ring (bicyclic) bond motifs is 1. The van der Waals surface area contributed by atoms with Crippen molar-refractivity contribution in [2.24, 2.45) is 0 Å². The number of nitrogens with zero attached hydrogens (tertiary/aromatic N) is 2. The summed E-state index contributed by atoms with van der Waals surface area (Å²) in [5, 5.41) is 5.21. The van der Waals surface area contributed by atoms with Gasteiger partial charge in [-0.25, -0.2) is 4.98 Å². The molecule has 1 fully saturated rings. The molecule has 1 aromatic carbocycles. The Morgan fingerprint density at radius 1 is 1.26 bits per heavy atom. The van der Waals surface area contributed by atoms with Gasteiger partial charge in [0.05, 0.1) is 30.6 Å². The van der Waals surface area contributed by atoms with Gasteiger partial charge in [0.15, 0.2) is 0 Å². The van der Waals surface area contributed by atoms with Gasteiger partial charge in [-0.15, -0.1) is 0 Å². The van der Waals surface area contributed by atoms with Crippen molar-refractivity contribution in [3.05, 3.63) is 24.5 Å². The minimum Gasteiger partial charge on any atom is -0.379 e. The second kappa shape index (κ2) is 7.21. The van der Waals surface area contributed by atoms with E-state index in [4.69, 9.17) is 4.74 Å². The molecule has 3 rings (SSSR count). The van der Waals surface area contributed by atoms with Crippen LogP contribution in [0, 0.1) is 0 Å². The largest absolute Gasteiger partial charge is 0.379 e. The molecule has 1 aliphatic rings. The summed E-state index contributed by atoms with van der Waals surface area (Å²) in [5.74, 6) is -1.31. The summed E-state index contributed by atoms with van der Waals surface area (Å²) >= 11 is 0. The fraction of sp³-hybridized carbons (Fsp3) is 0.400. The van der Waals surface area contributed by atoms with Gasteiger partial charge in [-0.3, -0.25) is 14.5 Å². The average Bonchev–Trinajstić information content (AvgIpc) is 3.03. The number of benzene rings is 1. The molecule has 2 amide bonds. The van der Waals surface area contributed by atoms with Crippen molar-refractivity contribution in [1.29, 1.82) is 0 Å². The molecule has 2 aromatic rings. The van der Waals surface area contributed by atoms with Crippen molar-refractivity contribution in [2.45, 2.75) is 0 Å². The monoisotopic (exact) mass is 317 g/mol. The SMILES string of the molecule is O=C(NCCN1CCOCC1)C(=O)Nc1ccc2nc[nH]c2c1. The molecule has 0 radical (unpaired) electrons. The van der Waals surface area contributed by atoms with Crippen molar-refractivity contribution in [2.75, 3.05) is 44.7 Å². The molecular weight excluding hydrogens is 298 g/mol. The predicted octanol–water partition coefficient (Wildman–Crippen LogP) is -0.0502. The van der Waals surface area contributed by atoms with Crippen molar-refractivity contribution >= 4 is 28.5 Å². The predicted molar refractivity (Wildman–Crippen MR) is 85.0 cm³/mol. The maximum atomic E-state index is 11.9. The first-order valence-corrected chi connectivity index (χ1v) is 7.55. The first-order chi connectivity index (χ1) is 11.2. The minimum absolute atomic E-state index is 0.436. The fourth-order valence-electron chi connectivity index (χ4n) is 2.43. The molecular formula is C15H19N5O3. The van der Waals surface area contributed by atoms with Crippen LogP contribution in [0.3, 0.4) is 0 Å². The molecule has 3 N–H and O–H groups in total. The van der Waals surface area contributed by atoms with Crippen molar-refractivity contribution in [1.82, 2.24) is 20.2 Å². The van der Waals surface area contributed by atoms with Crippen LogP contribution >= 0.6 is 0 Å². The summed E-state index contributed by atoms with van der Waals surface area (Å²) in [4.78, 5) is 32.9. The summed E-state index contributed by atoms with van der Waals surface area (Å²) < 4.78 is 5.26. The molecule has 1 saturated heterocycles. The Hall–Kier alpha value is -2.45. The van der Waals surface area contributed by atoms with E-state index in [0.717, 1.165) is 24.1 Å². The van der Waals surface area contributed by atoms with Gasteiger partial charge in [0, 0.05) is 31.9 Å². The van der Waals surface area contributed by atoms with Gasteiger partial charge in [0.25, 0.3) is 0 Å². The lowest BCUT2D eigenvalue weighted by Crippen LogP contribution is -2.43. The lowest BCUT2D eigenvalue weighted by atomic mass is 10.2. The molecule has 0 saturated carbocycles. The zero-order valence-corrected chi connectivity index (χ0v) is 12.7. The number of H-pyrrole nitrogens is 1. The van der Waals surface area contributed by atoms with Crippen LogP contribution in [0.4, 0.5) is 5.69 Å². The van der Waals surface area contributed by atoms with Crippen molar-refractivity contribution in [3.63, 3.8) is 0 Å². The maximum absolute atomic E-state index is 11.9. The van der Waals surface area contributed by atoms with Crippen LogP contribution in [-0.4, -0.2) is 66.1 Å². The zero-order chi connectivity index (χ0) is 16.1. The molecule has 2 heterocycles. The van der Waals surface area contributed by atoms with E-state index in [-0.39, 0.29) is 0 Å². The highest BCUT2D eigenvalue weighted by molar-refractivity contribution is 6.39. The summed E-state index contributed by atoms with van der Waals surface area (Å²) in [6.45, 7) is 4.28. The van der Waals surface area contributed by atoms with Crippen LogP contribution in [0.5, 0.6) is 0 Å². The first kappa shape index (κ1) is 15.4. The highest BCUT2D eigenvalue weighted by Gasteiger charge is 2.15. The number of ether oxygens (including phenoxy) is 1. The summed E-state index contributed by atoms with van der Waals surface area (Å²) in [6, 6.07) is 5.22. The topological polar surface area (TPSA) is 99.3 Å². The number of imidazole rings is 1. The van der Waals surface area contributed by atoms with E-state index in [1.54, 1.807) is 24.5 Å². The lowest BCUT2D eigenvalue weighted by molar-refractivity contribution is -0.136. The normalized spacial score (nSPS) is 15.5. The number of carbonyl (C=O) groups is 2. The number of amides is 2. The second-order valence-corrected chi connectivity index (χ2v) is 5.30. The Kier molecular flexibility index (Phi) is 4.84. The van der Waals surface area contributed by atoms with Gasteiger partial charge in [-0.05, 0) is 18.2 Å². The number of hydrogen-bond acceptors (Lipinski definition) is 5. The third kappa shape index (κ3) is 4.05. The van der Waals surface area contributed by atoms with Gasteiger partial charge in [-0.1, -0.05) is 0 Å². The molecule has 1 aromatic heterocycles. The van der Waals surface area contributed by atoms with E-state index in [9.17, 15) is 9.59 Å². The Bertz CT molecular complexity index is 693. The quantitative estimate of drug-likeness (QED) is 0.687. The molecule has 0 unspecified atom stereocenters. The van der Waals surface area contributed by atoms with Gasteiger partial charge in [-0.2, -0.15) is 0 Å². The number of morpholine rings is 1. The third-order valence-corrected chi connectivity index (χ3v) is 3.70. The Morgan fingerprint density at radius 2 is 2.09 bits per heavy atom. The summed E-state index contributed by atoms with van der Waals surface area (Å²) in [6.07, 6.45) is 1.58. The van der Waals surface area contributed by atoms with Gasteiger partial charge < -0.3 is 20.4 Å². The number of nitrogens with one attached hydrogen (secondary N) is 3. The number of carbonyl (C=O) groups excluding carboxylic acids is 2. The minimum atomic E-state index is -0.675. The number of aromatic amines is 1. The van der Waals surface area contributed by atoms with Crippen LogP contribution in [0.15, 0.2) is 24.5 Å². The van der Waals surface area contributed by atoms with E-state index in [2.05, 4.69) is 25.5 Å². The molecule has 0 atom stereocenters. The summed E-state index contributed by atoms with van der Waals surface area (Å²) in [7, 11) is 0. The lowest BCUT2D eigenvalue weighted by Gasteiger charge is -2.26. The number of aromatic nitrogens is 2. The van der Waals surface area contributed by atoms with Crippen LogP contribution in [0.1, 0.15) is 0 Å². The van der Waals surface area contributed by atoms with Crippen LogP contribution < -0.4 is 10.6 Å². The average molecular weight is 317 g/mol. The molecule has 0 aliphatic carbocycles. The standard InChI is InChI=1S/C15H19N5O3/c21-14(16-3-4-20-5-7-23-8-6-20)15(22)19-11-1-2-12-13(9-11)18-10-17-12/h1-2,9-10H,3-8H2,(H,16,21)(H,17,18)(H,19,22). The van der Waals surface area contributed by atoms with Crippen LogP contribution in [0.2, 0.25) is 0 Å². The first-order valence-electron chi connectivity index (χ1n) is 7.55. The zero-order valence-electron chi connectivity index (χ0n) is 12.7. The number of anilines is 1. The van der Waals surface area contributed by atoms with Crippen LogP contribution in [-0.2, 0) is 14.3 Å². The Morgan fingerprint density at radius 3 is 2.91 bits per heavy atom. The van der Waals surface area contributed by atoms with Crippen molar-refractivity contribution in [3.8, 4) is 0 Å². The fourth-order valence-corrected chi connectivity index (χ4v) is 2.43. The van der Waals surface area contributed by atoms with Gasteiger partial charge >= 0.3 is 11.8 Å². The molecule has 0 bridgehead atoms. The number of hydrogen-bond donors (Lipinski definition) is 3. The third-order valence-electron chi connectivity index (χ3n) is 3.70. The highest BCUT2D eigenvalue weighted by Crippen LogP contribution is 2.15. The summed E-state index contributed by atoms with van der Waals surface area (Å²) in [5.41, 5.74) is 2.16. The van der Waals surface area contributed by atoms with Gasteiger partial charge in [0.2, 0.25) is 0 Å². The molecule has 122 valence electrons. The highest BCUT2D eigenvalue weighted by atomic mass is 16.5. The molecule has 8 heteroatoms. The molecule has 8 nitrogen and oxygen atoms in total. The molecule has 0 spiro atoms. The van der Waals surface area contributed by atoms with Gasteiger partial charge in [0.1, 0.15) is 0 Å². The second-order valence-electron chi connectivity index (χ2n) is 5.30. The van der Waals surface area contributed by atoms with E-state index < -0.39 is 11.8 Å². The number of rotatable bonds is 4. The van der Waals surface area contributed by atoms with Crippen molar-refractivity contribution < 1.29 is 14.3 Å². The van der Waals surface area contributed by atoms with E-state index in [1.165, 1.54) is 0 Å². The van der Waals surface area contributed by atoms with Crippen LogP contribution in [0.25, 0.3) is 11.0 Å². The Balaban J connectivity index is 1.46.